The highest BCUT2D eigenvalue weighted by Gasteiger charge is 2.52. The Labute approximate surface area is 152 Å². The fraction of sp³-hybridized carbons (Fsp3) is 0.400. The average molecular weight is 328 g/mol. The monoisotopic (exact) mass is 328 g/mol. The number of rotatable bonds is 5. The Balaban J connectivity index is 1.83. The van der Waals surface area contributed by atoms with E-state index in [9.17, 15) is 0 Å². The quantitative estimate of drug-likeness (QED) is 0.556. The van der Waals surface area contributed by atoms with Crippen LogP contribution in [-0.2, 0) is 0 Å². The van der Waals surface area contributed by atoms with Gasteiger partial charge in [0.25, 0.3) is 0 Å². The molecule has 1 fully saturated rings. The van der Waals surface area contributed by atoms with Crippen LogP contribution in [0.3, 0.4) is 0 Å². The average Bonchev–Trinajstić information content (AvgIpc) is 2.96. The summed E-state index contributed by atoms with van der Waals surface area (Å²) in [6.45, 7) is 4.65. The predicted octanol–water partition coefficient (Wildman–Crippen LogP) is 6.96. The van der Waals surface area contributed by atoms with Crippen molar-refractivity contribution < 1.29 is 0 Å². The summed E-state index contributed by atoms with van der Waals surface area (Å²) in [4.78, 5) is 0. The van der Waals surface area contributed by atoms with Gasteiger partial charge in [-0.05, 0) is 58.8 Å². The topological polar surface area (TPSA) is 0 Å². The van der Waals surface area contributed by atoms with E-state index in [1.165, 1.54) is 42.0 Å². The maximum atomic E-state index is 4.02. The molecular formula is C25H28. The van der Waals surface area contributed by atoms with Crippen molar-refractivity contribution in [3.05, 3.63) is 78.8 Å². The van der Waals surface area contributed by atoms with Gasteiger partial charge in [0.2, 0.25) is 0 Å². The Morgan fingerprint density at radius 1 is 0.960 bits per heavy atom. The molecule has 0 N–H and O–H groups in total. The highest BCUT2D eigenvalue weighted by Crippen LogP contribution is 2.61. The van der Waals surface area contributed by atoms with E-state index in [4.69, 9.17) is 0 Å². The maximum absolute atomic E-state index is 4.02. The summed E-state index contributed by atoms with van der Waals surface area (Å²) in [5.41, 5.74) is 1.74. The molecular weight excluding hydrogens is 300 g/mol. The number of benzene rings is 2. The molecule has 2 aliphatic carbocycles. The molecule has 2 aromatic carbocycles. The third kappa shape index (κ3) is 2.67. The van der Waals surface area contributed by atoms with Crippen LogP contribution in [0.25, 0.3) is 10.8 Å². The number of fused-ring (bicyclic) bond motifs is 2. The van der Waals surface area contributed by atoms with Gasteiger partial charge in [0.15, 0.2) is 0 Å². The van der Waals surface area contributed by atoms with Gasteiger partial charge in [0.05, 0.1) is 0 Å². The third-order valence-electron chi connectivity index (χ3n) is 6.29. The minimum absolute atomic E-state index is 0.265. The first kappa shape index (κ1) is 16.6. The van der Waals surface area contributed by atoms with E-state index >= 15 is 0 Å². The Bertz CT molecular complexity index is 791. The zero-order valence-corrected chi connectivity index (χ0v) is 15.4. The van der Waals surface area contributed by atoms with Gasteiger partial charge in [-0.3, -0.25) is 0 Å². The minimum atomic E-state index is 0.265. The summed E-state index contributed by atoms with van der Waals surface area (Å²) in [5, 5.41) is 2.75. The maximum Gasteiger partial charge on any atom is -0.000556 e. The standard InChI is InChI=1S/C25H28/c1-3-10-24-23(18-20-13-7-8-17-25(20,24)16-4-2)22-15-9-12-19-11-5-6-14-21(19)22/h5-9,11-15,17,20,23-24H,3-4,10,16H2,1-2H3. The van der Waals surface area contributed by atoms with E-state index in [-0.39, 0.29) is 5.41 Å². The van der Waals surface area contributed by atoms with Gasteiger partial charge in [-0.2, -0.15) is 0 Å². The highest BCUT2D eigenvalue weighted by atomic mass is 14.6. The van der Waals surface area contributed by atoms with Gasteiger partial charge in [-0.25, -0.2) is 0 Å². The van der Waals surface area contributed by atoms with Crippen LogP contribution < -0.4 is 0 Å². The second-order valence-electron chi connectivity index (χ2n) is 7.69. The fourth-order valence-corrected chi connectivity index (χ4v) is 5.31. The second-order valence-corrected chi connectivity index (χ2v) is 7.69. The van der Waals surface area contributed by atoms with E-state index in [2.05, 4.69) is 87.0 Å². The first-order valence-electron chi connectivity index (χ1n) is 9.90. The van der Waals surface area contributed by atoms with E-state index in [1.54, 1.807) is 0 Å². The third-order valence-corrected chi connectivity index (χ3v) is 6.29. The molecule has 1 saturated carbocycles. The molecule has 0 heterocycles. The van der Waals surface area contributed by atoms with Crippen molar-refractivity contribution in [3.63, 3.8) is 0 Å². The summed E-state index contributed by atoms with van der Waals surface area (Å²) >= 11 is 0. The Morgan fingerprint density at radius 3 is 2.64 bits per heavy atom. The van der Waals surface area contributed by atoms with Crippen molar-refractivity contribution in [2.75, 3.05) is 0 Å². The zero-order valence-electron chi connectivity index (χ0n) is 15.4. The Kier molecular flexibility index (Phi) is 4.54. The molecule has 0 aromatic heterocycles. The molecule has 4 rings (SSSR count). The van der Waals surface area contributed by atoms with Crippen LogP contribution in [0.1, 0.15) is 51.0 Å². The van der Waals surface area contributed by atoms with Crippen molar-refractivity contribution in [2.24, 2.45) is 17.3 Å². The summed E-state index contributed by atoms with van der Waals surface area (Å²) in [6, 6.07) is 15.6. The van der Waals surface area contributed by atoms with Crippen LogP contribution in [0, 0.1) is 23.7 Å². The van der Waals surface area contributed by atoms with Crippen LogP contribution >= 0.6 is 0 Å². The van der Waals surface area contributed by atoms with Crippen LogP contribution in [0.4, 0.5) is 0 Å². The highest BCUT2D eigenvalue weighted by molar-refractivity contribution is 5.86. The molecule has 0 saturated heterocycles. The molecule has 0 aliphatic heterocycles. The van der Waals surface area contributed by atoms with E-state index in [0.29, 0.717) is 17.8 Å². The summed E-state index contributed by atoms with van der Waals surface area (Å²) in [6.07, 6.45) is 18.4. The second kappa shape index (κ2) is 6.83. The first-order valence-corrected chi connectivity index (χ1v) is 9.90. The van der Waals surface area contributed by atoms with Crippen molar-refractivity contribution in [2.45, 2.75) is 45.4 Å². The van der Waals surface area contributed by atoms with Gasteiger partial charge in [0, 0.05) is 0 Å². The van der Waals surface area contributed by atoms with E-state index in [0.717, 1.165) is 0 Å². The van der Waals surface area contributed by atoms with Crippen molar-refractivity contribution in [3.8, 4) is 0 Å². The normalized spacial score (nSPS) is 30.7. The van der Waals surface area contributed by atoms with Crippen LogP contribution in [0.15, 0.2) is 66.8 Å². The predicted molar refractivity (Wildman–Crippen MR) is 107 cm³/mol. The van der Waals surface area contributed by atoms with Crippen LogP contribution in [0.5, 0.6) is 0 Å². The van der Waals surface area contributed by atoms with Crippen LogP contribution in [0.2, 0.25) is 0 Å². The van der Waals surface area contributed by atoms with Gasteiger partial charge in [-0.1, -0.05) is 93.5 Å². The minimum Gasteiger partial charge on any atom is -0.0799 e. The van der Waals surface area contributed by atoms with Gasteiger partial charge in [-0.15, -0.1) is 0 Å². The number of allylic oxidation sites excluding steroid dienone is 4. The molecule has 0 bridgehead atoms. The smallest absolute Gasteiger partial charge is 0.000556 e. The van der Waals surface area contributed by atoms with E-state index < -0.39 is 0 Å². The van der Waals surface area contributed by atoms with Crippen molar-refractivity contribution >= 4 is 10.8 Å². The molecule has 2 radical (unpaired) electrons. The first-order chi connectivity index (χ1) is 12.3. The zero-order chi connectivity index (χ0) is 17.3. The largest absolute Gasteiger partial charge is 0.0799 e. The lowest BCUT2D eigenvalue weighted by Gasteiger charge is -2.39. The molecule has 4 unspecified atom stereocenters. The Hall–Kier alpha value is -1.82. The lowest BCUT2D eigenvalue weighted by Crippen LogP contribution is -2.31. The number of hydrogen-bond acceptors (Lipinski definition) is 0. The lowest BCUT2D eigenvalue weighted by atomic mass is 9.64. The molecule has 128 valence electrons. The summed E-state index contributed by atoms with van der Waals surface area (Å²) in [7, 11) is 0. The Morgan fingerprint density at radius 2 is 1.80 bits per heavy atom. The van der Waals surface area contributed by atoms with Gasteiger partial charge >= 0.3 is 0 Å². The molecule has 0 amide bonds. The molecule has 2 aliphatic rings. The molecule has 25 heavy (non-hydrogen) atoms. The van der Waals surface area contributed by atoms with E-state index in [1.807, 2.05) is 0 Å². The van der Waals surface area contributed by atoms with Gasteiger partial charge < -0.3 is 0 Å². The molecule has 2 aromatic rings. The molecule has 4 atom stereocenters. The summed E-state index contributed by atoms with van der Waals surface area (Å²) < 4.78 is 0. The fourth-order valence-electron chi connectivity index (χ4n) is 5.31. The number of hydrogen-bond donors (Lipinski definition) is 0. The van der Waals surface area contributed by atoms with Crippen LogP contribution in [-0.4, -0.2) is 0 Å². The summed E-state index contributed by atoms with van der Waals surface area (Å²) in [5.74, 6) is 1.53. The van der Waals surface area contributed by atoms with Gasteiger partial charge in [0.1, 0.15) is 0 Å². The van der Waals surface area contributed by atoms with Crippen molar-refractivity contribution in [1.82, 2.24) is 0 Å². The van der Waals surface area contributed by atoms with Crippen molar-refractivity contribution in [1.29, 1.82) is 0 Å². The molecule has 0 nitrogen and oxygen atoms in total. The SMILES string of the molecule is CCCC1C(c2cccc3ccccc23)[C]C2C=CC=CC21CCC. The lowest BCUT2D eigenvalue weighted by molar-refractivity contribution is 0.190. The molecule has 0 spiro atoms. The molecule has 0 heteroatoms.